The van der Waals surface area contributed by atoms with Crippen LogP contribution in [0.5, 0.6) is 0 Å². The fourth-order valence-corrected chi connectivity index (χ4v) is 4.34. The molecule has 138 valence electrons. The quantitative estimate of drug-likeness (QED) is 0.888. The number of halogens is 1. The molecule has 0 radical (unpaired) electrons. The van der Waals surface area contributed by atoms with Crippen molar-refractivity contribution in [3.05, 3.63) is 35.6 Å². The van der Waals surface area contributed by atoms with Gasteiger partial charge in [0.25, 0.3) is 0 Å². The molecule has 1 amide bonds. The lowest BCUT2D eigenvalue weighted by Crippen LogP contribution is -2.53. The Bertz CT molecular complexity index is 583. The Labute approximate surface area is 150 Å². The SMILES string of the molecule is C[C@H]1CN(C)CCN1CC(=O)NCC1(c2ccc(F)cc2)CCCC1. The number of hydrogen-bond acceptors (Lipinski definition) is 3. The molecule has 3 rings (SSSR count). The number of nitrogens with zero attached hydrogens (tertiary/aromatic N) is 2. The Hall–Kier alpha value is -1.46. The number of hydrogen-bond donors (Lipinski definition) is 1. The van der Waals surface area contributed by atoms with Crippen molar-refractivity contribution in [1.29, 1.82) is 0 Å². The molecule has 1 saturated heterocycles. The monoisotopic (exact) mass is 347 g/mol. The fourth-order valence-electron chi connectivity index (χ4n) is 4.34. The van der Waals surface area contributed by atoms with Crippen molar-refractivity contribution in [2.75, 3.05) is 39.8 Å². The second-order valence-electron chi connectivity index (χ2n) is 7.85. The van der Waals surface area contributed by atoms with Crippen LogP contribution in [0.1, 0.15) is 38.2 Å². The molecule has 1 aliphatic carbocycles. The Kier molecular flexibility index (Phi) is 5.74. The van der Waals surface area contributed by atoms with E-state index in [1.54, 1.807) is 0 Å². The van der Waals surface area contributed by atoms with Gasteiger partial charge in [-0.05, 0) is 44.5 Å². The van der Waals surface area contributed by atoms with E-state index in [0.717, 1.165) is 38.0 Å². The lowest BCUT2D eigenvalue weighted by molar-refractivity contribution is -0.123. The van der Waals surface area contributed by atoms with Gasteiger partial charge in [0.1, 0.15) is 5.82 Å². The highest BCUT2D eigenvalue weighted by atomic mass is 19.1. The molecule has 2 aliphatic rings. The van der Waals surface area contributed by atoms with Crippen molar-refractivity contribution < 1.29 is 9.18 Å². The van der Waals surface area contributed by atoms with Gasteiger partial charge in [0.2, 0.25) is 5.91 Å². The zero-order valence-corrected chi connectivity index (χ0v) is 15.4. The third-order valence-electron chi connectivity index (χ3n) is 5.96. The molecule has 0 bridgehead atoms. The summed E-state index contributed by atoms with van der Waals surface area (Å²) in [6.07, 6.45) is 4.46. The topological polar surface area (TPSA) is 35.6 Å². The summed E-state index contributed by atoms with van der Waals surface area (Å²) >= 11 is 0. The maximum atomic E-state index is 13.3. The van der Waals surface area contributed by atoms with Gasteiger partial charge in [0.05, 0.1) is 6.54 Å². The highest BCUT2D eigenvalue weighted by Gasteiger charge is 2.36. The predicted octanol–water partition coefficient (Wildman–Crippen LogP) is 2.39. The molecule has 1 aromatic rings. The van der Waals surface area contributed by atoms with Gasteiger partial charge in [-0.15, -0.1) is 0 Å². The van der Waals surface area contributed by atoms with E-state index in [-0.39, 0.29) is 17.1 Å². The second-order valence-corrected chi connectivity index (χ2v) is 7.85. The van der Waals surface area contributed by atoms with Crippen LogP contribution in [0.4, 0.5) is 4.39 Å². The molecular weight excluding hydrogens is 317 g/mol. The molecule has 0 unspecified atom stereocenters. The summed E-state index contributed by atoms with van der Waals surface area (Å²) in [6.45, 7) is 6.26. The fraction of sp³-hybridized carbons (Fsp3) is 0.650. The van der Waals surface area contributed by atoms with E-state index in [9.17, 15) is 9.18 Å². The first-order valence-electron chi connectivity index (χ1n) is 9.44. The van der Waals surface area contributed by atoms with E-state index in [1.165, 1.54) is 25.0 Å². The summed E-state index contributed by atoms with van der Waals surface area (Å²) in [5.74, 6) is -0.102. The number of nitrogens with one attached hydrogen (secondary N) is 1. The molecule has 1 aromatic carbocycles. The van der Waals surface area contributed by atoms with Gasteiger partial charge in [0.15, 0.2) is 0 Å². The van der Waals surface area contributed by atoms with Crippen molar-refractivity contribution in [2.45, 2.75) is 44.1 Å². The van der Waals surface area contributed by atoms with E-state index in [1.807, 2.05) is 12.1 Å². The zero-order chi connectivity index (χ0) is 17.9. The molecule has 25 heavy (non-hydrogen) atoms. The number of amides is 1. The maximum absolute atomic E-state index is 13.3. The average molecular weight is 347 g/mol. The number of rotatable bonds is 5. The molecule has 2 fully saturated rings. The van der Waals surface area contributed by atoms with Crippen LogP contribution in [0.25, 0.3) is 0 Å². The van der Waals surface area contributed by atoms with Crippen LogP contribution >= 0.6 is 0 Å². The highest BCUT2D eigenvalue weighted by Crippen LogP contribution is 2.40. The lowest BCUT2D eigenvalue weighted by Gasteiger charge is -2.38. The summed E-state index contributed by atoms with van der Waals surface area (Å²) in [6, 6.07) is 7.24. The number of carbonyl (C=O) groups excluding carboxylic acids is 1. The Morgan fingerprint density at radius 1 is 1.24 bits per heavy atom. The molecule has 1 N–H and O–H groups in total. The standard InChI is InChI=1S/C20H30FN3O/c1-16-13-23(2)11-12-24(16)14-19(25)22-15-20(9-3-4-10-20)17-5-7-18(21)8-6-17/h5-8,16H,3-4,9-15H2,1-2H3,(H,22,25)/t16-/m0/s1. The van der Waals surface area contributed by atoms with E-state index >= 15 is 0 Å². The minimum atomic E-state index is -0.204. The number of likely N-dealkylation sites (N-methyl/N-ethyl adjacent to an activating group) is 1. The number of benzene rings is 1. The van der Waals surface area contributed by atoms with Gasteiger partial charge < -0.3 is 10.2 Å². The van der Waals surface area contributed by atoms with E-state index in [4.69, 9.17) is 0 Å². The van der Waals surface area contributed by atoms with Crippen LogP contribution in [0.3, 0.4) is 0 Å². The van der Waals surface area contributed by atoms with Crippen molar-refractivity contribution in [2.24, 2.45) is 0 Å². The normalized spacial score (nSPS) is 24.4. The molecule has 1 aliphatic heterocycles. The van der Waals surface area contributed by atoms with Crippen molar-refractivity contribution in [1.82, 2.24) is 15.1 Å². The predicted molar refractivity (Wildman–Crippen MR) is 98.1 cm³/mol. The van der Waals surface area contributed by atoms with Crippen molar-refractivity contribution in [3.63, 3.8) is 0 Å². The zero-order valence-electron chi connectivity index (χ0n) is 15.4. The number of carbonyl (C=O) groups is 1. The van der Waals surface area contributed by atoms with Crippen LogP contribution in [-0.2, 0) is 10.2 Å². The first-order valence-corrected chi connectivity index (χ1v) is 9.44. The van der Waals surface area contributed by atoms with Gasteiger partial charge in [-0.25, -0.2) is 4.39 Å². The smallest absolute Gasteiger partial charge is 0.234 e. The molecular formula is C20H30FN3O. The van der Waals surface area contributed by atoms with Gasteiger partial charge in [0, 0.05) is 37.6 Å². The van der Waals surface area contributed by atoms with E-state index in [2.05, 4.69) is 29.1 Å². The van der Waals surface area contributed by atoms with Crippen LogP contribution in [0, 0.1) is 5.82 Å². The molecule has 1 heterocycles. The minimum absolute atomic E-state index is 0.0307. The van der Waals surface area contributed by atoms with E-state index in [0.29, 0.717) is 19.1 Å². The summed E-state index contributed by atoms with van der Waals surface area (Å²) in [5.41, 5.74) is 1.12. The third-order valence-corrected chi connectivity index (χ3v) is 5.96. The molecule has 1 atom stereocenters. The van der Waals surface area contributed by atoms with Crippen molar-refractivity contribution >= 4 is 5.91 Å². The Balaban J connectivity index is 1.58. The van der Waals surface area contributed by atoms with Gasteiger partial charge in [-0.3, -0.25) is 9.69 Å². The molecule has 1 saturated carbocycles. The van der Waals surface area contributed by atoms with Gasteiger partial charge in [-0.2, -0.15) is 0 Å². The first-order chi connectivity index (χ1) is 12.0. The first kappa shape index (κ1) is 18.3. The largest absolute Gasteiger partial charge is 0.354 e. The maximum Gasteiger partial charge on any atom is 0.234 e. The van der Waals surface area contributed by atoms with Crippen molar-refractivity contribution in [3.8, 4) is 0 Å². The van der Waals surface area contributed by atoms with Crippen LogP contribution in [0.2, 0.25) is 0 Å². The summed E-state index contributed by atoms with van der Waals surface area (Å²) < 4.78 is 13.3. The Morgan fingerprint density at radius 2 is 1.92 bits per heavy atom. The second kappa shape index (κ2) is 7.83. The van der Waals surface area contributed by atoms with E-state index < -0.39 is 0 Å². The summed E-state index contributed by atoms with van der Waals surface area (Å²) in [4.78, 5) is 17.1. The molecule has 0 spiro atoms. The van der Waals surface area contributed by atoms with Crippen LogP contribution in [0.15, 0.2) is 24.3 Å². The Morgan fingerprint density at radius 3 is 2.56 bits per heavy atom. The average Bonchev–Trinajstić information content (AvgIpc) is 3.06. The highest BCUT2D eigenvalue weighted by molar-refractivity contribution is 5.78. The molecule has 0 aromatic heterocycles. The van der Waals surface area contributed by atoms with Crippen LogP contribution < -0.4 is 5.32 Å². The van der Waals surface area contributed by atoms with Gasteiger partial charge in [-0.1, -0.05) is 25.0 Å². The third kappa shape index (κ3) is 4.39. The number of piperazine rings is 1. The molecule has 4 nitrogen and oxygen atoms in total. The minimum Gasteiger partial charge on any atom is -0.354 e. The summed E-state index contributed by atoms with van der Waals surface area (Å²) in [7, 11) is 2.13. The molecule has 5 heteroatoms. The summed E-state index contributed by atoms with van der Waals surface area (Å²) in [5, 5.41) is 3.17. The van der Waals surface area contributed by atoms with Gasteiger partial charge >= 0.3 is 0 Å². The van der Waals surface area contributed by atoms with Crippen LogP contribution in [-0.4, -0.2) is 61.5 Å². The lowest BCUT2D eigenvalue weighted by atomic mass is 9.79.